The Balaban J connectivity index is 1.71. The van der Waals surface area contributed by atoms with Crippen LogP contribution in [0.1, 0.15) is 72.1 Å². The Hall–Kier alpha value is -3.06. The van der Waals surface area contributed by atoms with Crippen LogP contribution in [-0.2, 0) is 17.8 Å². The van der Waals surface area contributed by atoms with Crippen LogP contribution in [-0.4, -0.2) is 37.6 Å². The van der Waals surface area contributed by atoms with Gasteiger partial charge in [-0.2, -0.15) is 5.26 Å². The zero-order valence-corrected chi connectivity index (χ0v) is 21.7. The molecule has 8 nitrogen and oxygen atoms in total. The van der Waals surface area contributed by atoms with Gasteiger partial charge in [-0.1, -0.05) is 36.8 Å². The van der Waals surface area contributed by atoms with Gasteiger partial charge in [0.25, 0.3) is 5.91 Å². The van der Waals surface area contributed by atoms with Gasteiger partial charge in [-0.05, 0) is 56.1 Å². The van der Waals surface area contributed by atoms with E-state index in [0.717, 1.165) is 36.0 Å². The number of aromatic nitrogens is 1. The minimum atomic E-state index is -2.41. The molecule has 0 radical (unpaired) electrons. The van der Waals surface area contributed by atoms with E-state index in [1.165, 1.54) is 4.31 Å². The van der Waals surface area contributed by atoms with Crippen LogP contribution < -0.4 is 5.32 Å². The van der Waals surface area contributed by atoms with E-state index in [4.69, 9.17) is 14.7 Å². The summed E-state index contributed by atoms with van der Waals surface area (Å²) in [6.45, 7) is 4.48. The van der Waals surface area contributed by atoms with E-state index in [0.29, 0.717) is 53.4 Å². The molecule has 36 heavy (non-hydrogen) atoms. The predicted octanol–water partition coefficient (Wildman–Crippen LogP) is 4.97. The van der Waals surface area contributed by atoms with Crippen molar-refractivity contribution in [3.05, 3.63) is 52.7 Å². The number of aryl methyl sites for hydroxylation is 1. The molecular formula is C27H31N4O4S-. The molecule has 4 rings (SSSR count). The standard InChI is InChI=1S/C27H32N4O4S/c1-17(12-13-28)5-4-14-31(36(33)34)16-23-21(19-10-11-19)15-22-24(26(32)29-3)25(35-27(22)30-23)20-8-6-18(2)7-9-20/h6-9,15,17,19H,4-5,10-12,14,16H2,1-3H3,(H,29,32)(H,33,34)/p-1. The van der Waals surface area contributed by atoms with Crippen LogP contribution in [0.15, 0.2) is 34.7 Å². The van der Waals surface area contributed by atoms with E-state index in [1.807, 2.05) is 44.2 Å². The van der Waals surface area contributed by atoms with Gasteiger partial charge in [-0.25, -0.2) is 9.29 Å². The Morgan fingerprint density at radius 3 is 2.69 bits per heavy atom. The molecule has 2 unspecified atom stereocenters. The maximum absolute atomic E-state index is 12.9. The largest absolute Gasteiger partial charge is 0.760 e. The van der Waals surface area contributed by atoms with Crippen molar-refractivity contribution >= 4 is 28.3 Å². The van der Waals surface area contributed by atoms with Gasteiger partial charge in [-0.15, -0.1) is 0 Å². The smallest absolute Gasteiger partial charge is 0.255 e. The molecule has 0 spiro atoms. The van der Waals surface area contributed by atoms with Crippen molar-refractivity contribution in [1.29, 1.82) is 5.26 Å². The zero-order valence-electron chi connectivity index (χ0n) is 20.9. The van der Waals surface area contributed by atoms with Gasteiger partial charge in [0.05, 0.1) is 29.3 Å². The lowest BCUT2D eigenvalue weighted by molar-refractivity contribution is 0.0964. The molecule has 1 aliphatic rings. The highest BCUT2D eigenvalue weighted by molar-refractivity contribution is 7.76. The summed E-state index contributed by atoms with van der Waals surface area (Å²) in [5, 5.41) is 12.2. The molecule has 9 heteroatoms. The van der Waals surface area contributed by atoms with Crippen LogP contribution >= 0.6 is 0 Å². The number of carbonyl (C=O) groups is 1. The maximum atomic E-state index is 12.9. The number of rotatable bonds is 11. The van der Waals surface area contributed by atoms with Gasteiger partial charge in [0.15, 0.2) is 0 Å². The fourth-order valence-corrected chi connectivity index (χ4v) is 4.96. The van der Waals surface area contributed by atoms with E-state index in [2.05, 4.69) is 11.4 Å². The molecule has 0 aliphatic heterocycles. The molecule has 1 aliphatic carbocycles. The minimum absolute atomic E-state index is 0.139. The topological polar surface area (TPSA) is 122 Å². The van der Waals surface area contributed by atoms with Gasteiger partial charge in [0, 0.05) is 36.8 Å². The third-order valence-electron chi connectivity index (χ3n) is 6.66. The molecule has 0 bridgehead atoms. The lowest BCUT2D eigenvalue weighted by Gasteiger charge is -2.25. The minimum Gasteiger partial charge on any atom is -0.760 e. The average Bonchev–Trinajstić information content (AvgIpc) is 3.63. The van der Waals surface area contributed by atoms with Crippen LogP contribution in [0, 0.1) is 24.2 Å². The normalized spacial score (nSPS) is 15.1. The number of carbonyl (C=O) groups excluding carboxylic acids is 1. The first-order valence-electron chi connectivity index (χ1n) is 12.3. The summed E-state index contributed by atoms with van der Waals surface area (Å²) in [6, 6.07) is 11.9. The summed E-state index contributed by atoms with van der Waals surface area (Å²) in [6.07, 6.45) is 3.91. The zero-order chi connectivity index (χ0) is 25.8. The van der Waals surface area contributed by atoms with Crippen LogP contribution in [0.4, 0.5) is 0 Å². The number of amides is 1. The van der Waals surface area contributed by atoms with E-state index >= 15 is 0 Å². The Labute approximate surface area is 214 Å². The summed E-state index contributed by atoms with van der Waals surface area (Å²) in [4.78, 5) is 17.7. The first-order chi connectivity index (χ1) is 17.3. The summed E-state index contributed by atoms with van der Waals surface area (Å²) in [7, 11) is 1.59. The number of pyridine rings is 1. The van der Waals surface area contributed by atoms with Crippen LogP contribution in [0.25, 0.3) is 22.4 Å². The number of nitrogens with one attached hydrogen (secondary N) is 1. The summed E-state index contributed by atoms with van der Waals surface area (Å²) in [5.41, 5.74) is 4.26. The number of hydrogen-bond donors (Lipinski definition) is 1. The van der Waals surface area contributed by atoms with Crippen molar-refractivity contribution in [2.24, 2.45) is 5.92 Å². The summed E-state index contributed by atoms with van der Waals surface area (Å²) in [5.74, 6) is 0.713. The Morgan fingerprint density at radius 1 is 1.36 bits per heavy atom. The highest BCUT2D eigenvalue weighted by Crippen LogP contribution is 2.44. The molecule has 1 aromatic carbocycles. The van der Waals surface area contributed by atoms with Gasteiger partial charge < -0.3 is 14.3 Å². The second-order valence-corrected chi connectivity index (χ2v) is 10.5. The van der Waals surface area contributed by atoms with Gasteiger partial charge in [-0.3, -0.25) is 9.00 Å². The average molecular weight is 508 g/mol. The predicted molar refractivity (Wildman–Crippen MR) is 138 cm³/mol. The lowest BCUT2D eigenvalue weighted by atomic mass is 10.0. The van der Waals surface area contributed by atoms with Crippen molar-refractivity contribution in [3.8, 4) is 17.4 Å². The van der Waals surface area contributed by atoms with Crippen LogP contribution in [0.2, 0.25) is 0 Å². The number of fused-ring (bicyclic) bond motifs is 1. The molecule has 1 amide bonds. The molecule has 1 N–H and O–H groups in total. The van der Waals surface area contributed by atoms with Gasteiger partial charge in [0.1, 0.15) is 5.76 Å². The van der Waals surface area contributed by atoms with Gasteiger partial charge >= 0.3 is 0 Å². The van der Waals surface area contributed by atoms with E-state index in [9.17, 15) is 13.6 Å². The van der Waals surface area contributed by atoms with E-state index in [1.54, 1.807) is 7.05 Å². The van der Waals surface area contributed by atoms with Crippen molar-refractivity contribution in [3.63, 3.8) is 0 Å². The molecule has 1 fully saturated rings. The number of nitriles is 1. The Kier molecular flexibility index (Phi) is 8.19. The Morgan fingerprint density at radius 2 is 2.08 bits per heavy atom. The second-order valence-electron chi connectivity index (χ2n) is 9.59. The number of furan rings is 1. The maximum Gasteiger partial charge on any atom is 0.255 e. The summed E-state index contributed by atoms with van der Waals surface area (Å²) < 4.78 is 31.6. The molecule has 3 aromatic rings. The summed E-state index contributed by atoms with van der Waals surface area (Å²) >= 11 is -2.41. The second kappa shape index (κ2) is 11.3. The fraction of sp³-hybridized carbons (Fsp3) is 0.444. The lowest BCUT2D eigenvalue weighted by Crippen LogP contribution is -2.28. The molecule has 190 valence electrons. The molecule has 1 saturated carbocycles. The molecule has 2 heterocycles. The number of benzene rings is 1. The number of nitrogens with zero attached hydrogens (tertiary/aromatic N) is 3. The first kappa shape index (κ1) is 26.0. The van der Waals surface area contributed by atoms with E-state index < -0.39 is 11.3 Å². The van der Waals surface area contributed by atoms with Crippen molar-refractivity contribution in [2.75, 3.05) is 13.6 Å². The monoisotopic (exact) mass is 507 g/mol. The number of hydrogen-bond acceptors (Lipinski definition) is 6. The van der Waals surface area contributed by atoms with Crippen molar-refractivity contribution < 1.29 is 18.0 Å². The van der Waals surface area contributed by atoms with Gasteiger partial charge in [0.2, 0.25) is 5.71 Å². The molecule has 2 atom stereocenters. The van der Waals surface area contributed by atoms with E-state index in [-0.39, 0.29) is 18.4 Å². The Bertz CT molecular complexity index is 1310. The van der Waals surface area contributed by atoms with Crippen molar-refractivity contribution in [1.82, 2.24) is 14.6 Å². The SMILES string of the molecule is CNC(=O)c1c(-c2ccc(C)cc2)oc2nc(CN(CCCC(C)CC#N)S(=O)[O-])c(C3CC3)cc12. The third kappa shape index (κ3) is 5.84. The molecular weight excluding hydrogens is 476 g/mol. The third-order valence-corrected chi connectivity index (χ3v) is 7.39. The first-order valence-corrected chi connectivity index (χ1v) is 13.3. The van der Waals surface area contributed by atoms with Crippen LogP contribution in [0.3, 0.4) is 0 Å². The fourth-order valence-electron chi connectivity index (χ4n) is 4.46. The molecule has 2 aromatic heterocycles. The highest BCUT2D eigenvalue weighted by Gasteiger charge is 2.31. The molecule has 0 saturated heterocycles. The highest BCUT2D eigenvalue weighted by atomic mass is 32.2. The quantitative estimate of drug-likeness (QED) is 0.366. The van der Waals surface area contributed by atoms with Crippen molar-refractivity contribution in [2.45, 2.75) is 58.4 Å². The van der Waals surface area contributed by atoms with Crippen LogP contribution in [0.5, 0.6) is 0 Å².